The first-order valence-electron chi connectivity index (χ1n) is 9.34. The maximum atomic E-state index is 12.8. The molecule has 1 heterocycles. The number of hydrogen-bond donors (Lipinski definition) is 0. The maximum absolute atomic E-state index is 12.8. The Bertz CT molecular complexity index is 518. The molecule has 2 fully saturated rings. The Kier molecular flexibility index (Phi) is 4.79. The van der Waals surface area contributed by atoms with Crippen molar-refractivity contribution < 1.29 is 4.79 Å². The van der Waals surface area contributed by atoms with Gasteiger partial charge in [0.05, 0.1) is 0 Å². The molecule has 0 atom stereocenters. The number of nitrogens with zero attached hydrogens (tertiary/aromatic N) is 1. The largest absolute Gasteiger partial charge is 0.343 e. The molecule has 126 valence electrons. The predicted molar refractivity (Wildman–Crippen MR) is 95.4 cm³/mol. The SMILES string of the molecule is CC(C)(CC(=O)N1CCC2(CCCCC2)CC1)c1ccccc1. The van der Waals surface area contributed by atoms with Crippen molar-refractivity contribution in [1.29, 1.82) is 0 Å². The van der Waals surface area contributed by atoms with Crippen LogP contribution in [0.25, 0.3) is 0 Å². The van der Waals surface area contributed by atoms with Gasteiger partial charge in [-0.2, -0.15) is 0 Å². The summed E-state index contributed by atoms with van der Waals surface area (Å²) in [5, 5.41) is 0. The summed E-state index contributed by atoms with van der Waals surface area (Å²) < 4.78 is 0. The molecule has 2 heteroatoms. The van der Waals surface area contributed by atoms with Crippen LogP contribution in [0.2, 0.25) is 0 Å². The van der Waals surface area contributed by atoms with Crippen molar-refractivity contribution in [3.05, 3.63) is 35.9 Å². The zero-order valence-electron chi connectivity index (χ0n) is 14.8. The second-order valence-corrected chi connectivity index (χ2v) is 8.37. The van der Waals surface area contributed by atoms with Crippen molar-refractivity contribution in [2.24, 2.45) is 5.41 Å². The highest BCUT2D eigenvalue weighted by atomic mass is 16.2. The third-order valence-electron chi connectivity index (χ3n) is 6.24. The number of carbonyl (C=O) groups is 1. The van der Waals surface area contributed by atoms with Crippen molar-refractivity contribution in [1.82, 2.24) is 4.90 Å². The van der Waals surface area contributed by atoms with E-state index in [0.717, 1.165) is 13.1 Å². The number of piperidine rings is 1. The summed E-state index contributed by atoms with van der Waals surface area (Å²) in [6, 6.07) is 10.4. The van der Waals surface area contributed by atoms with Crippen LogP contribution in [0.5, 0.6) is 0 Å². The van der Waals surface area contributed by atoms with Crippen LogP contribution >= 0.6 is 0 Å². The Morgan fingerprint density at radius 1 is 1.00 bits per heavy atom. The van der Waals surface area contributed by atoms with Gasteiger partial charge in [0.25, 0.3) is 0 Å². The Balaban J connectivity index is 1.57. The van der Waals surface area contributed by atoms with E-state index < -0.39 is 0 Å². The van der Waals surface area contributed by atoms with Crippen LogP contribution in [0.3, 0.4) is 0 Å². The van der Waals surface area contributed by atoms with Gasteiger partial charge in [-0.15, -0.1) is 0 Å². The molecule has 0 bridgehead atoms. The Labute approximate surface area is 141 Å². The van der Waals surface area contributed by atoms with E-state index >= 15 is 0 Å². The second kappa shape index (κ2) is 6.67. The molecule has 1 spiro atoms. The highest BCUT2D eigenvalue weighted by molar-refractivity contribution is 5.77. The first-order chi connectivity index (χ1) is 11.0. The van der Waals surface area contributed by atoms with Crippen molar-refractivity contribution in [3.63, 3.8) is 0 Å². The summed E-state index contributed by atoms with van der Waals surface area (Å²) in [5.74, 6) is 0.338. The molecule has 23 heavy (non-hydrogen) atoms. The van der Waals surface area contributed by atoms with Crippen LogP contribution in [0.1, 0.15) is 70.8 Å². The summed E-state index contributed by atoms with van der Waals surface area (Å²) in [6.07, 6.45) is 10.1. The van der Waals surface area contributed by atoms with E-state index in [-0.39, 0.29) is 5.41 Å². The fourth-order valence-electron chi connectivity index (χ4n) is 4.51. The van der Waals surface area contributed by atoms with Gasteiger partial charge in [0, 0.05) is 19.5 Å². The zero-order chi connectivity index (χ0) is 16.3. The molecule has 1 aliphatic carbocycles. The number of likely N-dealkylation sites (tertiary alicyclic amines) is 1. The summed E-state index contributed by atoms with van der Waals surface area (Å²) in [5.41, 5.74) is 1.75. The summed E-state index contributed by atoms with van der Waals surface area (Å²) in [6.45, 7) is 6.33. The smallest absolute Gasteiger partial charge is 0.223 e. The molecular formula is C21H31NO. The first-order valence-corrected chi connectivity index (χ1v) is 9.34. The van der Waals surface area contributed by atoms with Gasteiger partial charge in [-0.1, -0.05) is 63.4 Å². The molecule has 1 saturated carbocycles. The number of benzene rings is 1. The minimum atomic E-state index is -0.0850. The van der Waals surface area contributed by atoms with Crippen LogP contribution in [0, 0.1) is 5.41 Å². The van der Waals surface area contributed by atoms with Crippen molar-refractivity contribution in [2.75, 3.05) is 13.1 Å². The molecular weight excluding hydrogens is 282 g/mol. The summed E-state index contributed by atoms with van der Waals surface area (Å²) >= 11 is 0. The van der Waals surface area contributed by atoms with Gasteiger partial charge in [0.1, 0.15) is 0 Å². The average molecular weight is 313 g/mol. The number of carbonyl (C=O) groups excluding carboxylic acids is 1. The van der Waals surface area contributed by atoms with Crippen LogP contribution in [0.4, 0.5) is 0 Å². The Morgan fingerprint density at radius 3 is 2.22 bits per heavy atom. The van der Waals surface area contributed by atoms with Crippen molar-refractivity contribution in [3.8, 4) is 0 Å². The van der Waals surface area contributed by atoms with Crippen LogP contribution in [-0.2, 0) is 10.2 Å². The van der Waals surface area contributed by atoms with Gasteiger partial charge in [-0.25, -0.2) is 0 Å². The normalized spacial score (nSPS) is 21.4. The quantitative estimate of drug-likeness (QED) is 0.775. The second-order valence-electron chi connectivity index (χ2n) is 8.37. The van der Waals surface area contributed by atoms with Crippen LogP contribution in [-0.4, -0.2) is 23.9 Å². The lowest BCUT2D eigenvalue weighted by Gasteiger charge is -2.44. The molecule has 0 unspecified atom stereocenters. The Hall–Kier alpha value is -1.31. The Morgan fingerprint density at radius 2 is 1.61 bits per heavy atom. The molecule has 1 aliphatic heterocycles. The fourth-order valence-corrected chi connectivity index (χ4v) is 4.51. The molecule has 1 saturated heterocycles. The van der Waals surface area contributed by atoms with E-state index in [9.17, 15) is 4.79 Å². The van der Waals surface area contributed by atoms with Gasteiger partial charge in [-0.3, -0.25) is 4.79 Å². The molecule has 1 amide bonds. The van der Waals surface area contributed by atoms with E-state index in [1.165, 1.54) is 50.5 Å². The van der Waals surface area contributed by atoms with E-state index in [1.54, 1.807) is 0 Å². The standard InChI is InChI=1S/C21H31NO/c1-20(2,18-9-5-3-6-10-18)17-19(23)22-15-13-21(14-16-22)11-7-4-8-12-21/h3,5-6,9-10H,4,7-8,11-17H2,1-2H3. The van der Waals surface area contributed by atoms with Crippen molar-refractivity contribution in [2.45, 2.75) is 70.6 Å². The van der Waals surface area contributed by atoms with Crippen molar-refractivity contribution >= 4 is 5.91 Å². The lowest BCUT2D eigenvalue weighted by atomic mass is 9.68. The third-order valence-corrected chi connectivity index (χ3v) is 6.24. The lowest BCUT2D eigenvalue weighted by Crippen LogP contribution is -2.45. The van der Waals surface area contributed by atoms with Crippen LogP contribution < -0.4 is 0 Å². The molecule has 0 aromatic heterocycles. The predicted octanol–water partition coefficient (Wildman–Crippen LogP) is 4.93. The first kappa shape index (κ1) is 16.5. The van der Waals surface area contributed by atoms with Gasteiger partial charge in [0.15, 0.2) is 0 Å². The third kappa shape index (κ3) is 3.79. The van der Waals surface area contributed by atoms with Crippen LogP contribution in [0.15, 0.2) is 30.3 Å². The highest BCUT2D eigenvalue weighted by Crippen LogP contribution is 2.44. The molecule has 1 aromatic rings. The number of amides is 1. The highest BCUT2D eigenvalue weighted by Gasteiger charge is 2.37. The van der Waals surface area contributed by atoms with Gasteiger partial charge < -0.3 is 4.90 Å². The zero-order valence-corrected chi connectivity index (χ0v) is 14.8. The topological polar surface area (TPSA) is 20.3 Å². The van der Waals surface area contributed by atoms with Gasteiger partial charge in [-0.05, 0) is 42.1 Å². The van der Waals surface area contributed by atoms with E-state index in [2.05, 4.69) is 43.0 Å². The molecule has 2 aliphatic rings. The van der Waals surface area contributed by atoms with E-state index in [0.29, 0.717) is 17.7 Å². The average Bonchev–Trinajstić information content (AvgIpc) is 2.56. The number of rotatable bonds is 3. The van der Waals surface area contributed by atoms with E-state index in [4.69, 9.17) is 0 Å². The summed E-state index contributed by atoms with van der Waals surface area (Å²) in [7, 11) is 0. The monoisotopic (exact) mass is 313 g/mol. The minimum absolute atomic E-state index is 0.0850. The fraction of sp³-hybridized carbons (Fsp3) is 0.667. The van der Waals surface area contributed by atoms with Gasteiger partial charge >= 0.3 is 0 Å². The summed E-state index contributed by atoms with van der Waals surface area (Å²) in [4.78, 5) is 14.9. The van der Waals surface area contributed by atoms with E-state index in [1.807, 2.05) is 6.07 Å². The molecule has 2 nitrogen and oxygen atoms in total. The molecule has 3 rings (SSSR count). The number of hydrogen-bond acceptors (Lipinski definition) is 1. The lowest BCUT2D eigenvalue weighted by molar-refractivity contribution is -0.135. The molecule has 0 radical (unpaired) electrons. The minimum Gasteiger partial charge on any atom is -0.343 e. The maximum Gasteiger partial charge on any atom is 0.223 e. The molecule has 1 aromatic carbocycles. The van der Waals surface area contributed by atoms with Gasteiger partial charge in [0.2, 0.25) is 5.91 Å². The molecule has 0 N–H and O–H groups in total.